The Morgan fingerprint density at radius 2 is 1.49 bits per heavy atom. The molecule has 0 saturated heterocycles. The summed E-state index contributed by atoms with van der Waals surface area (Å²) in [6.45, 7) is 18.1. The van der Waals surface area contributed by atoms with Crippen LogP contribution in [-0.2, 0) is 26.2 Å². The number of ether oxygens (including phenoxy) is 2. The van der Waals surface area contributed by atoms with E-state index < -0.39 is 35.0 Å². The maximum atomic E-state index is 14.8. The minimum Gasteiger partial charge on any atom is -0.444 e. The van der Waals surface area contributed by atoms with Crippen LogP contribution in [0, 0.1) is 55.2 Å². The first-order valence-electron chi connectivity index (χ1n) is 18.0. The van der Waals surface area contributed by atoms with Crippen LogP contribution in [0.25, 0.3) is 11.5 Å². The number of aryl methyl sites for hydroxylation is 2. The van der Waals surface area contributed by atoms with E-state index in [1.165, 1.54) is 11.8 Å². The minimum absolute atomic E-state index is 0.162. The van der Waals surface area contributed by atoms with Crippen LogP contribution in [0.3, 0.4) is 0 Å². The topological polar surface area (TPSA) is 121 Å². The zero-order chi connectivity index (χ0) is 36.6. The fraction of sp³-hybridized carbons (Fsp3) is 0.605. The first-order chi connectivity index (χ1) is 23.8. The van der Waals surface area contributed by atoms with Gasteiger partial charge in [-0.05, 0) is 121 Å². The maximum absolute atomic E-state index is 14.8. The molecule has 10 rings (SSSR count). The van der Waals surface area contributed by atoms with Gasteiger partial charge in [-0.3, -0.25) is 13.9 Å². The highest BCUT2D eigenvalue weighted by Crippen LogP contribution is 3.06. The molecular weight excluding hydrogens is 655 g/mol. The monoisotopic (exact) mass is 700 g/mol. The lowest BCUT2D eigenvalue weighted by Crippen LogP contribution is -3.17. The normalized spacial score (nSPS) is 33.1. The summed E-state index contributed by atoms with van der Waals surface area (Å²) in [4.78, 5) is 57.4. The highest BCUT2D eigenvalue weighted by atomic mass is 19.1. The van der Waals surface area contributed by atoms with Crippen LogP contribution in [-0.4, -0.2) is 70.1 Å². The smallest absolute Gasteiger partial charge is 0.417 e. The second-order valence-electron chi connectivity index (χ2n) is 17.7. The number of rotatable bonds is 4. The summed E-state index contributed by atoms with van der Waals surface area (Å²) < 4.78 is 31.5. The van der Waals surface area contributed by atoms with Crippen LogP contribution < -0.4 is 5.69 Å². The molecule has 0 unspecified atom stereocenters. The molecule has 0 bridgehead atoms. The molecule has 3 aromatic rings. The molecule has 0 radical (unpaired) electrons. The third-order valence-electron chi connectivity index (χ3n) is 13.0. The number of hydrogen-bond donors (Lipinski definition) is 0. The van der Waals surface area contributed by atoms with Gasteiger partial charge in [0.15, 0.2) is 0 Å². The van der Waals surface area contributed by atoms with Crippen molar-refractivity contribution in [2.75, 3.05) is 6.54 Å². The Morgan fingerprint density at radius 1 is 0.922 bits per heavy atom. The van der Waals surface area contributed by atoms with Crippen molar-refractivity contribution in [2.45, 2.75) is 104 Å². The quantitative estimate of drug-likeness (QED) is 0.357. The average molecular weight is 701 g/mol. The Kier molecular flexibility index (Phi) is 6.06. The van der Waals surface area contributed by atoms with Gasteiger partial charge in [-0.25, -0.2) is 28.4 Å². The molecule has 12 nitrogen and oxygen atoms in total. The van der Waals surface area contributed by atoms with E-state index >= 15 is 0 Å². The first kappa shape index (κ1) is 32.5. The fourth-order valence-electron chi connectivity index (χ4n) is 11.7. The van der Waals surface area contributed by atoms with Gasteiger partial charge < -0.3 is 14.4 Å². The Labute approximate surface area is 295 Å². The lowest BCUT2D eigenvalue weighted by atomic mass is 8.95. The predicted octanol–water partition coefficient (Wildman–Crippen LogP) is 5.42. The highest BCUT2D eigenvalue weighted by Gasteiger charge is 3.12. The summed E-state index contributed by atoms with van der Waals surface area (Å²) in [5, 5.41) is 5.00. The Bertz CT molecular complexity index is 2090. The van der Waals surface area contributed by atoms with Crippen molar-refractivity contribution in [3.63, 3.8) is 0 Å². The molecule has 3 amide bonds. The number of carbonyl (C=O) groups excluding carboxylic acids is 3. The Morgan fingerprint density at radius 3 is 2.02 bits per heavy atom. The summed E-state index contributed by atoms with van der Waals surface area (Å²) >= 11 is 0. The van der Waals surface area contributed by atoms with Crippen LogP contribution in [0.4, 0.5) is 14.0 Å². The van der Waals surface area contributed by atoms with Crippen molar-refractivity contribution in [2.24, 2.45) is 35.5 Å². The molecule has 3 heterocycles. The Balaban J connectivity index is 1.10. The number of carbonyl (C=O) groups is 3. The van der Waals surface area contributed by atoms with Crippen molar-refractivity contribution in [3.8, 4) is 11.5 Å². The lowest BCUT2D eigenvalue weighted by molar-refractivity contribution is -0.625. The summed E-state index contributed by atoms with van der Waals surface area (Å²) in [6, 6.07) is 3.00. The number of aromatic nitrogens is 4. The van der Waals surface area contributed by atoms with Gasteiger partial charge in [-0.15, -0.1) is 0 Å². The van der Waals surface area contributed by atoms with Gasteiger partial charge in [0.2, 0.25) is 5.91 Å². The van der Waals surface area contributed by atoms with Crippen LogP contribution in [0.5, 0.6) is 0 Å². The molecule has 0 spiro atoms. The first-order valence-corrected chi connectivity index (χ1v) is 18.0. The second kappa shape index (κ2) is 9.51. The molecule has 1 atom stereocenters. The standard InChI is InChI=1S/C38H45FN6O6/c1-17-15-21(16-18(2)30(17)39)45-31(23-19(3)41(12-11-22(23)40-45)33(48)50-35(5,6)7)42-13-14-43(32(42)47)37-24-27-25(37)29-26(37)28(24)38(27,29)44(20(4)46)34(49)51-36(8,9)10/h13-16,19,24-29H,11-12H2,1-10H3/t19-,24?,25?,26?,27?,28?,29?,37?,38?/m0/s1. The lowest BCUT2D eigenvalue weighted by Gasteiger charge is -3.10. The maximum Gasteiger partial charge on any atom is 0.417 e. The summed E-state index contributed by atoms with van der Waals surface area (Å²) in [7, 11) is 0. The minimum atomic E-state index is -0.723. The van der Waals surface area contributed by atoms with Gasteiger partial charge in [0.05, 0.1) is 28.5 Å². The van der Waals surface area contributed by atoms with Crippen LogP contribution in [0.2, 0.25) is 0 Å². The molecule has 0 N–H and O–H groups in total. The van der Waals surface area contributed by atoms with E-state index in [9.17, 15) is 23.6 Å². The summed E-state index contributed by atoms with van der Waals surface area (Å²) in [5.74, 6) is 1.03. The molecule has 270 valence electrons. The number of nitrogens with zero attached hydrogens (tertiary/aromatic N) is 6. The van der Waals surface area contributed by atoms with E-state index in [2.05, 4.69) is 0 Å². The molecule has 13 heteroatoms. The number of benzene rings is 1. The molecule has 6 saturated carbocycles. The van der Waals surface area contributed by atoms with E-state index in [1.54, 1.807) is 67.1 Å². The number of hydrogen-bond acceptors (Lipinski definition) is 7. The second-order valence-corrected chi connectivity index (χ2v) is 17.7. The molecule has 6 fully saturated rings. The molecule has 1 aliphatic heterocycles. The Hall–Kier alpha value is -4.42. The third kappa shape index (κ3) is 3.58. The summed E-state index contributed by atoms with van der Waals surface area (Å²) in [6.07, 6.45) is 3.07. The van der Waals surface area contributed by atoms with Crippen molar-refractivity contribution in [1.29, 1.82) is 0 Å². The van der Waals surface area contributed by atoms with Crippen LogP contribution in [0.1, 0.15) is 83.8 Å². The zero-order valence-electron chi connectivity index (χ0n) is 30.8. The van der Waals surface area contributed by atoms with Gasteiger partial charge in [0, 0.05) is 37.8 Å². The van der Waals surface area contributed by atoms with E-state index in [1.807, 2.05) is 38.5 Å². The third-order valence-corrected chi connectivity index (χ3v) is 13.0. The molecule has 7 aliphatic rings. The molecule has 2 aromatic heterocycles. The van der Waals surface area contributed by atoms with Crippen molar-refractivity contribution in [3.05, 3.63) is 63.2 Å². The number of amides is 3. The molecule has 6 aliphatic carbocycles. The van der Waals surface area contributed by atoms with Crippen LogP contribution >= 0.6 is 0 Å². The number of imide groups is 1. The zero-order valence-corrected chi connectivity index (χ0v) is 30.8. The van der Waals surface area contributed by atoms with Gasteiger partial charge in [0.1, 0.15) is 22.8 Å². The number of fused-ring (bicyclic) bond motifs is 1. The van der Waals surface area contributed by atoms with E-state index in [0.29, 0.717) is 35.6 Å². The SMILES string of the molecule is CC(=O)N(C(=O)OC(C)(C)C)C12C3C4C1C1C2C3C41n1ccn(-c2c3c(nn2-c2cc(C)c(F)c(C)c2)CCN(C(=O)OC(C)(C)C)[C@H]3C)c1=O. The summed E-state index contributed by atoms with van der Waals surface area (Å²) in [5.41, 5.74) is 0.624. The van der Waals surface area contributed by atoms with Gasteiger partial charge in [0.25, 0.3) is 0 Å². The molecule has 1 aromatic carbocycles. The van der Waals surface area contributed by atoms with Gasteiger partial charge in [-0.2, -0.15) is 5.10 Å². The number of halogens is 1. The number of imidazole rings is 1. The predicted molar refractivity (Wildman–Crippen MR) is 182 cm³/mol. The van der Waals surface area contributed by atoms with E-state index in [0.717, 1.165) is 11.3 Å². The van der Waals surface area contributed by atoms with Crippen LogP contribution in [0.15, 0.2) is 29.3 Å². The molecule has 51 heavy (non-hydrogen) atoms. The van der Waals surface area contributed by atoms with E-state index in [4.69, 9.17) is 14.6 Å². The average Bonchev–Trinajstić information content (AvgIpc) is 3.58. The fourth-order valence-corrected chi connectivity index (χ4v) is 11.7. The molecular formula is C38H45FN6O6. The highest BCUT2D eigenvalue weighted by molar-refractivity contribution is 5.94. The largest absolute Gasteiger partial charge is 0.444 e. The van der Waals surface area contributed by atoms with Crippen molar-refractivity contribution < 1.29 is 28.2 Å². The van der Waals surface area contributed by atoms with Crippen molar-refractivity contribution >= 4 is 18.1 Å². The van der Waals surface area contributed by atoms with E-state index in [-0.39, 0.29) is 58.5 Å². The van der Waals surface area contributed by atoms with Gasteiger partial charge in [-0.1, -0.05) is 0 Å². The van der Waals surface area contributed by atoms with Gasteiger partial charge >= 0.3 is 17.9 Å². The van der Waals surface area contributed by atoms with Crippen molar-refractivity contribution in [1.82, 2.24) is 28.7 Å².